The molecule has 0 unspecified atom stereocenters. The molecule has 0 spiro atoms. The lowest BCUT2D eigenvalue weighted by Crippen LogP contribution is -2.33. The summed E-state index contributed by atoms with van der Waals surface area (Å²) < 4.78 is 77.8. The van der Waals surface area contributed by atoms with Crippen molar-refractivity contribution >= 4 is 58.7 Å². The van der Waals surface area contributed by atoms with Gasteiger partial charge in [-0.3, -0.25) is 19.2 Å². The lowest BCUT2D eigenvalue weighted by Gasteiger charge is -2.19. The number of ketones is 1. The van der Waals surface area contributed by atoms with Crippen LogP contribution in [0.5, 0.6) is 11.5 Å². The van der Waals surface area contributed by atoms with E-state index in [1.165, 1.54) is 21.1 Å². The number of amides is 3. The highest BCUT2D eigenvalue weighted by Gasteiger charge is 2.41. The average molecular weight is 1020 g/mol. The Bertz CT molecular complexity index is 2700. The van der Waals surface area contributed by atoms with Crippen molar-refractivity contribution in [2.75, 3.05) is 44.5 Å². The Balaban J connectivity index is 0.000000216. The molecule has 0 saturated carbocycles. The second kappa shape index (κ2) is 25.3. The molecule has 0 bridgehead atoms. The molecule has 0 radical (unpaired) electrons. The van der Waals surface area contributed by atoms with Gasteiger partial charge in [-0.2, -0.15) is 0 Å². The van der Waals surface area contributed by atoms with E-state index in [1.807, 2.05) is 24.3 Å². The fraction of sp³-hybridized carbons (Fsp3) is 0.289. The number of benzene rings is 4. The van der Waals surface area contributed by atoms with Crippen LogP contribution < -0.4 is 41.8 Å². The predicted molar refractivity (Wildman–Crippen MR) is 245 cm³/mol. The first-order valence-corrected chi connectivity index (χ1v) is 21.7. The normalized spacial score (nSPS) is 16.7. The molecule has 2 aliphatic rings. The predicted octanol–water partition coefficient (Wildman–Crippen LogP) is 5.68. The van der Waals surface area contributed by atoms with Crippen molar-refractivity contribution in [2.45, 2.75) is 50.9 Å². The fourth-order valence-electron chi connectivity index (χ4n) is 6.72. The molecule has 6 aromatic rings. The minimum absolute atomic E-state index is 0.0146. The van der Waals surface area contributed by atoms with Gasteiger partial charge in [0.25, 0.3) is 5.89 Å². The molecular weight excluding hydrogens is 971 g/mol. The van der Waals surface area contributed by atoms with Crippen LogP contribution in [0.15, 0.2) is 81.6 Å². The number of carbonyl (C=O) groups is 4. The highest BCUT2D eigenvalue weighted by atomic mass is 35.5. The highest BCUT2D eigenvalue weighted by Crippen LogP contribution is 2.34. The van der Waals surface area contributed by atoms with Gasteiger partial charge in [0, 0.05) is 97.0 Å². The van der Waals surface area contributed by atoms with E-state index >= 15 is 0 Å². The lowest BCUT2D eigenvalue weighted by atomic mass is 9.93. The van der Waals surface area contributed by atoms with Crippen LogP contribution in [-0.2, 0) is 22.7 Å². The van der Waals surface area contributed by atoms with Crippen LogP contribution in [0.4, 0.5) is 29.6 Å². The molecule has 0 aliphatic carbocycles. The van der Waals surface area contributed by atoms with E-state index in [9.17, 15) is 36.7 Å². The van der Waals surface area contributed by atoms with E-state index in [-0.39, 0.29) is 72.7 Å². The molecular formula is C45H46Cl2F4N10O9. The molecule has 25 heteroatoms. The molecule has 2 aliphatic heterocycles. The van der Waals surface area contributed by atoms with Crippen LogP contribution in [0.2, 0.25) is 10.0 Å². The summed E-state index contributed by atoms with van der Waals surface area (Å²) >= 11 is 11.5. The maximum Gasteiger partial charge on any atom is 0.316 e. The number of nitrogens with zero attached hydrogens (tertiary/aromatic N) is 4. The van der Waals surface area contributed by atoms with Crippen molar-refractivity contribution < 1.29 is 60.2 Å². The summed E-state index contributed by atoms with van der Waals surface area (Å²) in [7, 11) is 2.58. The quantitative estimate of drug-likeness (QED) is 0.0541. The molecule has 8 rings (SSSR count). The highest BCUT2D eigenvalue weighted by molar-refractivity contribution is 6.30. The molecule has 3 amide bonds. The van der Waals surface area contributed by atoms with E-state index in [0.29, 0.717) is 11.6 Å². The number of hydrogen-bond acceptors (Lipinski definition) is 16. The Morgan fingerprint density at radius 3 is 1.47 bits per heavy atom. The number of nitrogens with two attached hydrogens (primary N) is 1. The summed E-state index contributed by atoms with van der Waals surface area (Å²) in [6.07, 6.45) is 0. The van der Waals surface area contributed by atoms with Crippen LogP contribution in [0, 0.1) is 23.3 Å². The standard InChI is InChI=1S/C21H18ClF2N5O4.C15H14F2N4O4.C7H8ClN.C2H6O/c1-32-12-6-14(23)16(15(24)7-12)13-9-26-18(30)17(13)27-21-29-28-20(33-21)19(31)25-8-10-2-4-11(22)5-3-10;1-6(22)14-20-21-15(25-14)19-12-8(5-18-13(12)23)11-9(16)3-7(24-2)4-10(11)17;8-7-3-1-6(5-9)2-4-7;1-2-3/h2-7,13,17H,8-9H2,1H3,(H,25,31)(H,26,30)(H,27,29);3-4,8,12H,5H2,1-2H3,(H,18,23)(H,19,21);1-4H,5,9H2;3H,2H2,1H3/t13-,17-;8-,12-;;/m00../s1. The Labute approximate surface area is 406 Å². The summed E-state index contributed by atoms with van der Waals surface area (Å²) in [6.45, 7) is 3.95. The van der Waals surface area contributed by atoms with Crippen molar-refractivity contribution in [3.05, 3.63) is 140 Å². The number of aliphatic hydroxyl groups excluding tert-OH is 1. The number of nitrogens with one attached hydrogen (secondary N) is 5. The monoisotopic (exact) mass is 1020 g/mol. The van der Waals surface area contributed by atoms with Crippen molar-refractivity contribution in [1.82, 2.24) is 36.3 Å². The zero-order valence-electron chi connectivity index (χ0n) is 37.6. The Morgan fingerprint density at radius 2 is 1.10 bits per heavy atom. The third kappa shape index (κ3) is 14.1. The Morgan fingerprint density at radius 1 is 0.714 bits per heavy atom. The molecule has 4 heterocycles. The second-order valence-electron chi connectivity index (χ2n) is 14.8. The third-order valence-corrected chi connectivity index (χ3v) is 10.6. The maximum atomic E-state index is 14.5. The smallest absolute Gasteiger partial charge is 0.316 e. The van der Waals surface area contributed by atoms with E-state index in [0.717, 1.165) is 40.4 Å². The largest absolute Gasteiger partial charge is 0.497 e. The van der Waals surface area contributed by atoms with Gasteiger partial charge in [0.05, 0.1) is 14.2 Å². The molecule has 4 atom stereocenters. The van der Waals surface area contributed by atoms with E-state index in [2.05, 4.69) is 47.0 Å². The first kappa shape index (κ1) is 53.6. The van der Waals surface area contributed by atoms with E-state index < -0.39 is 70.7 Å². The molecule has 70 heavy (non-hydrogen) atoms. The van der Waals surface area contributed by atoms with E-state index in [4.69, 9.17) is 52.4 Å². The average Bonchev–Trinajstić information content (AvgIpc) is 4.16. The van der Waals surface area contributed by atoms with Crippen LogP contribution in [0.1, 0.15) is 69.3 Å². The number of aromatic nitrogens is 4. The zero-order chi connectivity index (χ0) is 51.1. The van der Waals surface area contributed by atoms with E-state index in [1.54, 1.807) is 31.2 Å². The Hall–Kier alpha value is -7.34. The molecule has 372 valence electrons. The molecule has 8 N–H and O–H groups in total. The number of methoxy groups -OCH3 is 2. The van der Waals surface area contributed by atoms with Crippen LogP contribution >= 0.6 is 23.2 Å². The summed E-state index contributed by atoms with van der Waals surface area (Å²) in [5.74, 6) is -7.74. The number of rotatable bonds is 13. The number of hydrogen-bond donors (Lipinski definition) is 7. The summed E-state index contributed by atoms with van der Waals surface area (Å²) in [4.78, 5) is 47.8. The summed E-state index contributed by atoms with van der Waals surface area (Å²) in [5, 5.41) is 36.4. The molecule has 2 aromatic heterocycles. The van der Waals surface area contributed by atoms with Gasteiger partial charge in [-0.1, -0.05) is 57.7 Å². The van der Waals surface area contributed by atoms with Crippen LogP contribution in [0.25, 0.3) is 0 Å². The van der Waals surface area contributed by atoms with Gasteiger partial charge >= 0.3 is 23.8 Å². The number of aliphatic hydroxyl groups is 1. The number of ether oxygens (including phenoxy) is 2. The third-order valence-electron chi connectivity index (χ3n) is 10.1. The van der Waals surface area contributed by atoms with Crippen molar-refractivity contribution in [3.63, 3.8) is 0 Å². The van der Waals surface area contributed by atoms with Gasteiger partial charge in [-0.25, -0.2) is 17.6 Å². The molecule has 4 aromatic carbocycles. The minimum atomic E-state index is -1.10. The maximum absolute atomic E-state index is 14.5. The summed E-state index contributed by atoms with van der Waals surface area (Å²) in [6, 6.07) is 16.0. The van der Waals surface area contributed by atoms with Gasteiger partial charge in [0.15, 0.2) is 0 Å². The summed E-state index contributed by atoms with van der Waals surface area (Å²) in [5.41, 5.74) is 6.73. The number of halogens is 6. The van der Waals surface area contributed by atoms with Gasteiger partial charge in [-0.05, 0) is 42.3 Å². The van der Waals surface area contributed by atoms with Crippen molar-refractivity contribution in [3.8, 4) is 11.5 Å². The minimum Gasteiger partial charge on any atom is -0.497 e. The number of anilines is 2. The second-order valence-corrected chi connectivity index (χ2v) is 15.7. The van der Waals surface area contributed by atoms with Gasteiger partial charge in [-0.15, -0.1) is 10.2 Å². The first-order valence-electron chi connectivity index (χ1n) is 20.9. The Kier molecular flexibility index (Phi) is 19.4. The van der Waals surface area contributed by atoms with Crippen molar-refractivity contribution in [1.29, 1.82) is 0 Å². The molecule has 19 nitrogen and oxygen atoms in total. The fourth-order valence-corrected chi connectivity index (χ4v) is 6.97. The van der Waals surface area contributed by atoms with Crippen LogP contribution in [0.3, 0.4) is 0 Å². The van der Waals surface area contributed by atoms with Gasteiger partial charge in [0.1, 0.15) is 46.9 Å². The van der Waals surface area contributed by atoms with Crippen LogP contribution in [-0.4, -0.2) is 95.0 Å². The SMILES string of the molecule is CCO.COc1cc(F)c([C@@H]2CNC(=O)[C@H]2Nc2nnc(C(=O)NCc3ccc(Cl)cc3)o2)c(F)c1.COc1cc(F)c([C@@H]2CNC(=O)[C@H]2Nc2nnc(C(C)=O)o2)c(F)c1.NCc1ccc(Cl)cc1. The zero-order valence-corrected chi connectivity index (χ0v) is 39.1. The number of carbonyl (C=O) groups excluding carboxylic acids is 4. The number of Topliss-reactive ketones (excluding diaryl/α,β-unsaturated/α-hetero) is 1. The van der Waals surface area contributed by atoms with Gasteiger partial charge in [0.2, 0.25) is 17.6 Å². The molecule has 2 saturated heterocycles. The topological polar surface area (TPSA) is 271 Å². The molecule has 2 fully saturated rings. The first-order chi connectivity index (χ1) is 33.5. The lowest BCUT2D eigenvalue weighted by molar-refractivity contribution is -0.120. The van der Waals surface area contributed by atoms with Gasteiger partial charge < -0.3 is 55.7 Å². The van der Waals surface area contributed by atoms with Crippen molar-refractivity contribution in [2.24, 2.45) is 5.73 Å².